The number of halogens is 2. The number of amides is 1. The second kappa shape index (κ2) is 4.28. The van der Waals surface area contributed by atoms with E-state index < -0.39 is 17.5 Å². The largest absolute Gasteiger partial charge is 0.417 e. The molecular weight excluding hydrogens is 232 g/mol. The van der Waals surface area contributed by atoms with Crippen molar-refractivity contribution in [1.29, 1.82) is 0 Å². The number of benzene rings is 1. The summed E-state index contributed by atoms with van der Waals surface area (Å²) in [6.45, 7) is 1.52. The summed E-state index contributed by atoms with van der Waals surface area (Å²) in [6.07, 6.45) is 0. The van der Waals surface area contributed by atoms with Crippen LogP contribution in [0.4, 0.5) is 14.5 Å². The van der Waals surface area contributed by atoms with Gasteiger partial charge in [0, 0.05) is 13.0 Å². The van der Waals surface area contributed by atoms with Gasteiger partial charge >= 0.3 is 11.8 Å². The van der Waals surface area contributed by atoms with Gasteiger partial charge in [-0.2, -0.15) is 0 Å². The quantitative estimate of drug-likeness (QED) is 0.869. The summed E-state index contributed by atoms with van der Waals surface area (Å²) >= 11 is 0. The molecule has 88 valence electrons. The van der Waals surface area contributed by atoms with Crippen LogP contribution in [-0.4, -0.2) is 16.1 Å². The van der Waals surface area contributed by atoms with Crippen LogP contribution >= 0.6 is 0 Å². The number of nitrogens with one attached hydrogen (secondary N) is 1. The van der Waals surface area contributed by atoms with Gasteiger partial charge in [0.1, 0.15) is 11.6 Å². The van der Waals surface area contributed by atoms with Crippen molar-refractivity contribution >= 4 is 11.6 Å². The molecule has 5 nitrogen and oxygen atoms in total. The molecule has 7 heteroatoms. The lowest BCUT2D eigenvalue weighted by Gasteiger charge is -2.03. The van der Waals surface area contributed by atoms with E-state index in [9.17, 15) is 13.6 Å². The first kappa shape index (κ1) is 11.2. The van der Waals surface area contributed by atoms with Crippen LogP contribution in [0.3, 0.4) is 0 Å². The molecule has 0 fully saturated rings. The lowest BCUT2D eigenvalue weighted by Crippen LogP contribution is -2.13. The van der Waals surface area contributed by atoms with Crippen LogP contribution in [0.25, 0.3) is 0 Å². The highest BCUT2D eigenvalue weighted by molar-refractivity contribution is 6.00. The minimum atomic E-state index is -0.880. The molecule has 1 aromatic carbocycles. The third kappa shape index (κ3) is 2.44. The number of hydrogen-bond acceptors (Lipinski definition) is 4. The van der Waals surface area contributed by atoms with Crippen molar-refractivity contribution in [2.75, 3.05) is 5.32 Å². The van der Waals surface area contributed by atoms with Crippen LogP contribution in [0.5, 0.6) is 0 Å². The summed E-state index contributed by atoms with van der Waals surface area (Å²) in [7, 11) is 0. The molecule has 0 saturated heterocycles. The van der Waals surface area contributed by atoms with Gasteiger partial charge in [-0.1, -0.05) is 0 Å². The second-order valence-corrected chi connectivity index (χ2v) is 3.20. The first-order chi connectivity index (χ1) is 8.06. The van der Waals surface area contributed by atoms with Crippen molar-refractivity contribution in [2.24, 2.45) is 0 Å². The molecule has 1 amide bonds. The highest BCUT2D eigenvalue weighted by Gasteiger charge is 2.15. The fourth-order valence-corrected chi connectivity index (χ4v) is 1.15. The lowest BCUT2D eigenvalue weighted by molar-refractivity contribution is 0.0988. The van der Waals surface area contributed by atoms with Gasteiger partial charge < -0.3 is 9.73 Å². The Hall–Kier alpha value is -2.31. The van der Waals surface area contributed by atoms with Crippen molar-refractivity contribution in [3.05, 3.63) is 41.6 Å². The summed E-state index contributed by atoms with van der Waals surface area (Å²) in [6, 6.07) is 2.79. The number of carbonyl (C=O) groups excluding carboxylic acids is 1. The van der Waals surface area contributed by atoms with Crippen molar-refractivity contribution in [3.63, 3.8) is 0 Å². The summed E-state index contributed by atoms with van der Waals surface area (Å²) in [5.41, 5.74) is -0.160. The topological polar surface area (TPSA) is 68.0 Å². The third-order valence-electron chi connectivity index (χ3n) is 1.90. The van der Waals surface area contributed by atoms with Gasteiger partial charge in [0.2, 0.25) is 5.89 Å². The number of aromatic nitrogens is 2. The van der Waals surface area contributed by atoms with E-state index in [0.29, 0.717) is 6.07 Å². The molecule has 1 N–H and O–H groups in total. The number of hydrogen-bond donors (Lipinski definition) is 1. The monoisotopic (exact) mass is 239 g/mol. The molecule has 17 heavy (non-hydrogen) atoms. The predicted molar refractivity (Wildman–Crippen MR) is 53.3 cm³/mol. The Balaban J connectivity index is 2.18. The minimum Gasteiger partial charge on any atom is -0.417 e. The molecule has 2 rings (SSSR count). The maximum absolute atomic E-state index is 13.2. The molecule has 0 aliphatic heterocycles. The van der Waals surface area contributed by atoms with Crippen molar-refractivity contribution in [1.82, 2.24) is 10.2 Å². The molecule has 1 aromatic heterocycles. The number of anilines is 1. The molecule has 0 atom stereocenters. The maximum atomic E-state index is 13.2. The molecule has 0 spiro atoms. The second-order valence-electron chi connectivity index (χ2n) is 3.20. The van der Waals surface area contributed by atoms with E-state index in [1.54, 1.807) is 0 Å². The zero-order chi connectivity index (χ0) is 12.4. The Labute approximate surface area is 94.5 Å². The summed E-state index contributed by atoms with van der Waals surface area (Å²) in [5.74, 6) is -2.43. The fourth-order valence-electron chi connectivity index (χ4n) is 1.15. The van der Waals surface area contributed by atoms with E-state index in [0.717, 1.165) is 12.1 Å². The summed E-state index contributed by atoms with van der Waals surface area (Å²) < 4.78 is 30.7. The Kier molecular flexibility index (Phi) is 2.82. The van der Waals surface area contributed by atoms with E-state index in [1.165, 1.54) is 6.92 Å². The van der Waals surface area contributed by atoms with Gasteiger partial charge in [0.25, 0.3) is 0 Å². The molecule has 0 bridgehead atoms. The normalized spacial score (nSPS) is 10.3. The van der Waals surface area contributed by atoms with Crippen LogP contribution in [0.15, 0.2) is 22.6 Å². The average molecular weight is 239 g/mol. The van der Waals surface area contributed by atoms with Crippen molar-refractivity contribution in [3.8, 4) is 0 Å². The van der Waals surface area contributed by atoms with Gasteiger partial charge in [-0.05, 0) is 12.1 Å². The van der Waals surface area contributed by atoms with Crippen LogP contribution < -0.4 is 5.32 Å². The fraction of sp³-hybridized carbons (Fsp3) is 0.100. The summed E-state index contributed by atoms with van der Waals surface area (Å²) in [5, 5.41) is 9.11. The molecule has 0 aliphatic rings. The van der Waals surface area contributed by atoms with E-state index in [1.807, 2.05) is 0 Å². The molecule has 1 heterocycles. The van der Waals surface area contributed by atoms with Crippen LogP contribution in [0.1, 0.15) is 16.6 Å². The van der Waals surface area contributed by atoms with E-state index in [4.69, 9.17) is 4.42 Å². The molecule has 0 radical (unpaired) electrons. The highest BCUT2D eigenvalue weighted by Crippen LogP contribution is 2.15. The molecule has 2 aromatic rings. The van der Waals surface area contributed by atoms with Gasteiger partial charge in [0.15, 0.2) is 0 Å². The molecule has 0 aliphatic carbocycles. The standard InChI is InChI=1S/C10H7F2N3O2/c1-5-14-15-10(17-5)9(16)13-8-3-2-6(11)4-7(8)12/h2-4H,1H3,(H,13,16). The average Bonchev–Trinajstić information content (AvgIpc) is 2.69. The summed E-state index contributed by atoms with van der Waals surface area (Å²) in [4.78, 5) is 11.5. The first-order valence-corrected chi connectivity index (χ1v) is 4.63. The number of nitrogens with zero attached hydrogens (tertiary/aromatic N) is 2. The van der Waals surface area contributed by atoms with Gasteiger partial charge in [-0.25, -0.2) is 8.78 Å². The van der Waals surface area contributed by atoms with Crippen LogP contribution in [0.2, 0.25) is 0 Å². The van der Waals surface area contributed by atoms with E-state index >= 15 is 0 Å². The Morgan fingerprint density at radius 2 is 2.12 bits per heavy atom. The maximum Gasteiger partial charge on any atom is 0.313 e. The van der Waals surface area contributed by atoms with Gasteiger partial charge in [0.05, 0.1) is 5.69 Å². The van der Waals surface area contributed by atoms with Crippen molar-refractivity contribution < 1.29 is 18.0 Å². The van der Waals surface area contributed by atoms with Gasteiger partial charge in [-0.3, -0.25) is 4.79 Å². The smallest absolute Gasteiger partial charge is 0.313 e. The van der Waals surface area contributed by atoms with E-state index in [-0.39, 0.29) is 17.5 Å². The Morgan fingerprint density at radius 1 is 1.35 bits per heavy atom. The SMILES string of the molecule is Cc1nnc(C(=O)Nc2ccc(F)cc2F)o1. The predicted octanol–water partition coefficient (Wildman–Crippen LogP) is 1.91. The Morgan fingerprint density at radius 3 is 2.71 bits per heavy atom. The number of carbonyl (C=O) groups is 1. The zero-order valence-corrected chi connectivity index (χ0v) is 8.70. The van der Waals surface area contributed by atoms with E-state index in [2.05, 4.69) is 15.5 Å². The number of aryl methyl sites for hydroxylation is 1. The lowest BCUT2D eigenvalue weighted by atomic mass is 10.3. The van der Waals surface area contributed by atoms with Gasteiger partial charge in [-0.15, -0.1) is 10.2 Å². The van der Waals surface area contributed by atoms with Crippen LogP contribution in [-0.2, 0) is 0 Å². The molecule has 0 saturated carbocycles. The highest BCUT2D eigenvalue weighted by atomic mass is 19.1. The Bertz CT molecular complexity index is 568. The van der Waals surface area contributed by atoms with Crippen LogP contribution in [0, 0.1) is 18.6 Å². The minimum absolute atomic E-state index is 0.160. The zero-order valence-electron chi connectivity index (χ0n) is 8.70. The van der Waals surface area contributed by atoms with Crippen molar-refractivity contribution in [2.45, 2.75) is 6.92 Å². The molecule has 0 unspecified atom stereocenters. The molecular formula is C10H7F2N3O2. The number of rotatable bonds is 2. The first-order valence-electron chi connectivity index (χ1n) is 4.63. The third-order valence-corrected chi connectivity index (χ3v) is 1.90.